The number of rotatable bonds is 4. The fraction of sp³-hybridized carbons (Fsp3) is 0.588. The van der Waals surface area contributed by atoms with E-state index in [1.54, 1.807) is 53.7 Å². The maximum atomic E-state index is 14.4. The van der Waals surface area contributed by atoms with Crippen LogP contribution in [0.3, 0.4) is 0 Å². The Hall–Kier alpha value is -4.54. The van der Waals surface area contributed by atoms with Gasteiger partial charge < -0.3 is 25.0 Å². The van der Waals surface area contributed by atoms with Crippen molar-refractivity contribution < 1.29 is 47.8 Å². The van der Waals surface area contributed by atoms with Gasteiger partial charge in [-0.25, -0.2) is 22.8 Å². The number of nitrogens with zero attached hydrogens (tertiary/aromatic N) is 4. The summed E-state index contributed by atoms with van der Waals surface area (Å²) in [5, 5.41) is 20.6. The highest BCUT2D eigenvalue weighted by Gasteiger charge is 2.34. The summed E-state index contributed by atoms with van der Waals surface area (Å²) in [5.41, 5.74) is 5.16. The van der Waals surface area contributed by atoms with E-state index in [0.717, 1.165) is 29.8 Å². The number of nitro benzene ring substituents is 2. The van der Waals surface area contributed by atoms with Crippen molar-refractivity contribution >= 4 is 23.6 Å². The molecule has 0 saturated carbocycles. The number of nitro groups is 2. The zero-order chi connectivity index (χ0) is 39.8. The van der Waals surface area contributed by atoms with E-state index in [-0.39, 0.29) is 30.4 Å². The fourth-order valence-electron chi connectivity index (χ4n) is 4.71. The number of halogens is 4. The van der Waals surface area contributed by atoms with Gasteiger partial charge in [-0.1, -0.05) is 12.1 Å². The van der Waals surface area contributed by atoms with Crippen molar-refractivity contribution in [3.8, 4) is 0 Å². The van der Waals surface area contributed by atoms with Crippen LogP contribution in [0.2, 0.25) is 0 Å². The molecular formula is C34H49F4N5O8. The van der Waals surface area contributed by atoms with E-state index in [1.165, 1.54) is 21.9 Å². The van der Waals surface area contributed by atoms with E-state index < -0.39 is 64.6 Å². The second kappa shape index (κ2) is 20.3. The summed E-state index contributed by atoms with van der Waals surface area (Å²) in [5.74, 6) is -0.671. The molecule has 0 bridgehead atoms. The molecule has 2 aromatic carbocycles. The summed E-state index contributed by atoms with van der Waals surface area (Å²) in [6.45, 7) is 11.7. The van der Waals surface area contributed by atoms with Crippen molar-refractivity contribution in [2.75, 3.05) is 33.3 Å². The van der Waals surface area contributed by atoms with E-state index in [4.69, 9.17) is 16.6 Å². The number of piperidine rings is 2. The lowest BCUT2D eigenvalue weighted by atomic mass is 9.89. The first-order valence-electron chi connectivity index (χ1n) is 16.8. The molecule has 0 radical (unpaired) electrons. The minimum atomic E-state index is -1.15. The number of alkyl halides is 3. The second-order valence-corrected chi connectivity index (χ2v) is 13.7. The van der Waals surface area contributed by atoms with Crippen molar-refractivity contribution in [3.05, 3.63) is 80.1 Å². The van der Waals surface area contributed by atoms with E-state index in [9.17, 15) is 47.4 Å². The molecule has 2 saturated heterocycles. The number of benzene rings is 2. The first kappa shape index (κ1) is 42.6. The molecule has 2 heterocycles. The maximum Gasteiger partial charge on any atom is 0.410 e. The van der Waals surface area contributed by atoms with Gasteiger partial charge in [0.05, 0.1) is 31.5 Å². The summed E-state index contributed by atoms with van der Waals surface area (Å²) in [7, 11) is -1.00. The summed E-state index contributed by atoms with van der Waals surface area (Å²) in [6.07, 6.45) is -1.71. The number of hydrogen-bond donors (Lipinski definition) is 1. The number of carbonyl (C=O) groups excluding carboxylic acids is 2. The Labute approximate surface area is 296 Å². The van der Waals surface area contributed by atoms with Crippen LogP contribution < -0.4 is 5.73 Å². The number of likely N-dealkylation sites (tertiary alicyclic amines) is 2. The first-order valence-corrected chi connectivity index (χ1v) is 16.0. The van der Waals surface area contributed by atoms with Gasteiger partial charge in [0.25, 0.3) is 11.4 Å². The normalized spacial score (nSPS) is 20.4. The van der Waals surface area contributed by atoms with Crippen molar-refractivity contribution in [3.63, 3.8) is 0 Å². The van der Waals surface area contributed by atoms with Gasteiger partial charge in [-0.05, 0) is 84.4 Å². The minimum absolute atomic E-state index is 0.0204. The van der Waals surface area contributed by atoms with Crippen molar-refractivity contribution in [2.45, 2.75) is 90.4 Å². The molecule has 0 aromatic heterocycles. The molecule has 286 valence electrons. The van der Waals surface area contributed by atoms with Gasteiger partial charge in [-0.3, -0.25) is 24.6 Å². The van der Waals surface area contributed by atoms with Gasteiger partial charge in [0.1, 0.15) is 29.4 Å². The van der Waals surface area contributed by atoms with E-state index >= 15 is 0 Å². The zero-order valence-electron chi connectivity index (χ0n) is 30.7. The third kappa shape index (κ3) is 16.8. The Bertz CT molecular complexity index is 1430. The van der Waals surface area contributed by atoms with Gasteiger partial charge in [-0.15, -0.1) is 0 Å². The largest absolute Gasteiger partial charge is 0.444 e. The predicted molar refractivity (Wildman–Crippen MR) is 183 cm³/mol. The van der Waals surface area contributed by atoms with Gasteiger partial charge in [-0.2, -0.15) is 0 Å². The lowest BCUT2D eigenvalue weighted by Gasteiger charge is -2.35. The first-order chi connectivity index (χ1) is 24.1. The molecule has 2 aromatic rings. The summed E-state index contributed by atoms with van der Waals surface area (Å²) >= 11 is 0. The van der Waals surface area contributed by atoms with Gasteiger partial charge >= 0.3 is 12.2 Å². The van der Waals surface area contributed by atoms with Crippen LogP contribution in [0.25, 0.3) is 0 Å². The van der Waals surface area contributed by atoms with E-state index in [0.29, 0.717) is 32.4 Å². The Morgan fingerprint density at radius 1 is 0.824 bits per heavy atom. The standard InChI is InChI=1S/C17H23FN2O4.C10H19FN2O2.C6H4FNO2.CH3F/c1-17(2,3)24-16(21)19-9-8-13(15(18)11-19)10-12-4-6-14(7-5-12)20(22)23;1-10(2,3)15-9(14)13-5-4-8(12)7(11)6-13;7-5-1-3-6(4-2-5)8(9)10;1-2/h4-7,13,15H,8-11H2,1-3H3;7-8H,4-6,12H2,1-3H3;1-4H;1H3/i;;;1D. The molecule has 4 rings (SSSR count). The number of carbonyl (C=O) groups is 2. The summed E-state index contributed by atoms with van der Waals surface area (Å²) in [4.78, 5) is 46.0. The topological polar surface area (TPSA) is 171 Å². The Kier molecular flexibility index (Phi) is 17.0. The van der Waals surface area contributed by atoms with Gasteiger partial charge in [0, 0.05) is 43.4 Å². The Morgan fingerprint density at radius 3 is 1.59 bits per heavy atom. The number of non-ortho nitro benzene ring substituents is 2. The van der Waals surface area contributed by atoms with Crippen LogP contribution in [-0.4, -0.2) is 94.8 Å². The third-order valence-corrected chi connectivity index (χ3v) is 7.25. The summed E-state index contributed by atoms with van der Waals surface area (Å²) in [6, 6.07) is 10.1. The van der Waals surface area contributed by atoms with Crippen molar-refractivity contribution in [2.24, 2.45) is 11.7 Å². The van der Waals surface area contributed by atoms with Crippen LogP contribution in [0.4, 0.5) is 38.5 Å². The monoisotopic (exact) mass is 732 g/mol. The van der Waals surface area contributed by atoms with Gasteiger partial charge in [0.15, 0.2) is 0 Å². The zero-order valence-corrected chi connectivity index (χ0v) is 29.7. The van der Waals surface area contributed by atoms with Crippen LogP contribution >= 0.6 is 0 Å². The molecule has 2 fully saturated rings. The molecule has 2 aliphatic rings. The van der Waals surface area contributed by atoms with Gasteiger partial charge in [0.2, 0.25) is 0 Å². The number of ether oxygens (including phenoxy) is 2. The molecule has 0 spiro atoms. The quantitative estimate of drug-likeness (QED) is 0.192. The average molecular weight is 733 g/mol. The van der Waals surface area contributed by atoms with Crippen molar-refractivity contribution in [1.82, 2.24) is 9.80 Å². The Balaban J connectivity index is 0.000000410. The van der Waals surface area contributed by atoms with Crippen LogP contribution in [-0.2, 0) is 15.9 Å². The molecule has 13 nitrogen and oxygen atoms in total. The lowest BCUT2D eigenvalue weighted by molar-refractivity contribution is -0.385. The molecule has 4 atom stereocenters. The van der Waals surface area contributed by atoms with E-state index in [2.05, 4.69) is 0 Å². The molecule has 17 heteroatoms. The number of hydrogen-bond acceptors (Lipinski definition) is 9. The average Bonchev–Trinajstić information content (AvgIpc) is 3.03. The van der Waals surface area contributed by atoms with Crippen LogP contribution in [0, 0.1) is 32.0 Å². The molecule has 51 heavy (non-hydrogen) atoms. The van der Waals surface area contributed by atoms with E-state index in [1.807, 2.05) is 0 Å². The highest BCUT2D eigenvalue weighted by atomic mass is 19.1. The second-order valence-electron chi connectivity index (χ2n) is 13.7. The molecule has 2 N–H and O–H groups in total. The maximum absolute atomic E-state index is 14.4. The van der Waals surface area contributed by atoms with Crippen molar-refractivity contribution in [1.29, 1.82) is 0 Å². The fourth-order valence-corrected chi connectivity index (χ4v) is 4.71. The molecule has 0 aliphatic carbocycles. The predicted octanol–water partition coefficient (Wildman–Crippen LogP) is 7.34. The highest BCUT2D eigenvalue weighted by Crippen LogP contribution is 2.26. The molecular weight excluding hydrogens is 682 g/mol. The third-order valence-electron chi connectivity index (χ3n) is 7.25. The minimum Gasteiger partial charge on any atom is -0.444 e. The SMILES string of the molecule is CC(C)(C)OC(=O)N1CCC(Cc2ccc([N+](=O)[O-])cc2)C(F)C1.CC(C)(C)OC(=O)N1CCC(N)C(F)C1.O=[N+]([O-])c1ccc(F)cc1.[2H]CF. The molecule has 2 amide bonds. The van der Waals surface area contributed by atoms with Crippen LogP contribution in [0.5, 0.6) is 0 Å². The van der Waals surface area contributed by atoms with Crippen LogP contribution in [0.1, 0.15) is 61.3 Å². The number of amides is 2. The highest BCUT2D eigenvalue weighted by molar-refractivity contribution is 5.68. The molecule has 4 unspecified atom stereocenters. The lowest BCUT2D eigenvalue weighted by Crippen LogP contribution is -2.51. The Morgan fingerprint density at radius 2 is 1.22 bits per heavy atom. The summed E-state index contributed by atoms with van der Waals surface area (Å²) < 4.78 is 65.7. The smallest absolute Gasteiger partial charge is 0.410 e. The molecule has 2 aliphatic heterocycles. The van der Waals surface area contributed by atoms with Crippen LogP contribution in [0.15, 0.2) is 48.5 Å². The number of nitrogens with two attached hydrogens (primary N) is 1.